The zero-order valence-corrected chi connectivity index (χ0v) is 19.8. The van der Waals surface area contributed by atoms with Gasteiger partial charge in [-0.2, -0.15) is 4.31 Å². The SMILES string of the molecule is COc1ccc(Cl)cc1S(=O)(=O)N1CCN(c2ccc(-c3ccc(C)cc3C)nn2)CC1. The van der Waals surface area contributed by atoms with Crippen LogP contribution in [0.15, 0.2) is 53.4 Å². The van der Waals surface area contributed by atoms with Gasteiger partial charge in [-0.3, -0.25) is 0 Å². The van der Waals surface area contributed by atoms with Crippen LogP contribution in [0.4, 0.5) is 5.82 Å². The Morgan fingerprint density at radius 2 is 1.69 bits per heavy atom. The van der Waals surface area contributed by atoms with Crippen LogP contribution in [0.1, 0.15) is 11.1 Å². The van der Waals surface area contributed by atoms with Crippen molar-refractivity contribution in [3.63, 3.8) is 0 Å². The molecule has 1 aromatic heterocycles. The van der Waals surface area contributed by atoms with Gasteiger partial charge in [-0.05, 0) is 49.7 Å². The summed E-state index contributed by atoms with van der Waals surface area (Å²) in [5, 5.41) is 9.15. The fourth-order valence-electron chi connectivity index (χ4n) is 3.89. The molecule has 0 atom stereocenters. The molecule has 2 aromatic carbocycles. The molecule has 1 saturated heterocycles. The van der Waals surface area contributed by atoms with Gasteiger partial charge in [0.2, 0.25) is 10.0 Å². The number of aryl methyl sites for hydroxylation is 2. The van der Waals surface area contributed by atoms with E-state index in [0.717, 1.165) is 22.6 Å². The molecule has 4 rings (SSSR count). The van der Waals surface area contributed by atoms with Crippen molar-refractivity contribution in [2.45, 2.75) is 18.7 Å². The third kappa shape index (κ3) is 4.44. The van der Waals surface area contributed by atoms with Crippen molar-refractivity contribution in [2.24, 2.45) is 0 Å². The predicted octanol–water partition coefficient (Wildman–Crippen LogP) is 3.93. The van der Waals surface area contributed by atoms with Crippen LogP contribution in [0.5, 0.6) is 5.75 Å². The van der Waals surface area contributed by atoms with E-state index in [2.05, 4.69) is 42.2 Å². The van der Waals surface area contributed by atoms with Gasteiger partial charge in [0.1, 0.15) is 10.6 Å². The van der Waals surface area contributed by atoms with E-state index < -0.39 is 10.0 Å². The van der Waals surface area contributed by atoms with Gasteiger partial charge < -0.3 is 9.64 Å². The van der Waals surface area contributed by atoms with Crippen LogP contribution in [-0.2, 0) is 10.0 Å². The van der Waals surface area contributed by atoms with Crippen molar-refractivity contribution in [1.29, 1.82) is 0 Å². The Bertz CT molecular complexity index is 1220. The third-order valence-electron chi connectivity index (χ3n) is 5.61. The summed E-state index contributed by atoms with van der Waals surface area (Å²) in [4.78, 5) is 2.12. The largest absolute Gasteiger partial charge is 0.495 e. The molecule has 1 aliphatic rings. The van der Waals surface area contributed by atoms with Crippen LogP contribution in [-0.4, -0.2) is 56.2 Å². The molecule has 1 fully saturated rings. The lowest BCUT2D eigenvalue weighted by atomic mass is 10.0. The molecule has 0 radical (unpaired) electrons. The second kappa shape index (κ2) is 9.05. The fourth-order valence-corrected chi connectivity index (χ4v) is 5.73. The Morgan fingerprint density at radius 3 is 2.31 bits per heavy atom. The summed E-state index contributed by atoms with van der Waals surface area (Å²) in [5.41, 5.74) is 4.24. The number of piperazine rings is 1. The van der Waals surface area contributed by atoms with E-state index in [4.69, 9.17) is 16.3 Å². The van der Waals surface area contributed by atoms with Crippen LogP contribution < -0.4 is 9.64 Å². The molecule has 0 bridgehead atoms. The Morgan fingerprint density at radius 1 is 0.938 bits per heavy atom. The maximum atomic E-state index is 13.2. The molecule has 0 unspecified atom stereocenters. The van der Waals surface area contributed by atoms with Gasteiger partial charge in [-0.15, -0.1) is 10.2 Å². The molecule has 1 aliphatic heterocycles. The van der Waals surface area contributed by atoms with Gasteiger partial charge in [0.25, 0.3) is 0 Å². The number of halogens is 1. The normalized spacial score (nSPS) is 15.1. The molecule has 0 amide bonds. The summed E-state index contributed by atoms with van der Waals surface area (Å²) in [6.45, 7) is 5.82. The number of benzene rings is 2. The summed E-state index contributed by atoms with van der Waals surface area (Å²) in [6.07, 6.45) is 0. The number of anilines is 1. The number of nitrogens with zero attached hydrogens (tertiary/aromatic N) is 4. The number of hydrogen-bond donors (Lipinski definition) is 0. The van der Waals surface area contributed by atoms with E-state index in [1.807, 2.05) is 17.0 Å². The second-order valence-corrected chi connectivity index (χ2v) is 10.1. The maximum Gasteiger partial charge on any atom is 0.246 e. The van der Waals surface area contributed by atoms with Crippen LogP contribution in [0.3, 0.4) is 0 Å². The highest BCUT2D eigenvalue weighted by Gasteiger charge is 2.31. The molecule has 0 aliphatic carbocycles. The quantitative estimate of drug-likeness (QED) is 0.560. The number of sulfonamides is 1. The van der Waals surface area contributed by atoms with Crippen LogP contribution in [0, 0.1) is 13.8 Å². The minimum atomic E-state index is -3.72. The Kier molecular flexibility index (Phi) is 6.37. The topological polar surface area (TPSA) is 75.6 Å². The molecule has 0 spiro atoms. The summed E-state index contributed by atoms with van der Waals surface area (Å²) in [6, 6.07) is 14.7. The summed E-state index contributed by atoms with van der Waals surface area (Å²) in [5.74, 6) is 1.01. The first-order valence-electron chi connectivity index (χ1n) is 10.3. The van der Waals surface area contributed by atoms with E-state index in [0.29, 0.717) is 31.2 Å². The number of aromatic nitrogens is 2. The second-order valence-electron chi connectivity index (χ2n) is 7.78. The molecule has 7 nitrogen and oxygen atoms in total. The van der Waals surface area contributed by atoms with Gasteiger partial charge in [-0.25, -0.2) is 8.42 Å². The van der Waals surface area contributed by atoms with Crippen molar-refractivity contribution in [1.82, 2.24) is 14.5 Å². The number of hydrogen-bond acceptors (Lipinski definition) is 6. The molecule has 168 valence electrons. The van der Waals surface area contributed by atoms with Crippen LogP contribution in [0.2, 0.25) is 5.02 Å². The number of ether oxygens (including phenoxy) is 1. The average Bonchev–Trinajstić information content (AvgIpc) is 2.79. The van der Waals surface area contributed by atoms with Crippen molar-refractivity contribution in [3.05, 3.63) is 64.7 Å². The molecule has 32 heavy (non-hydrogen) atoms. The van der Waals surface area contributed by atoms with Crippen molar-refractivity contribution in [2.75, 3.05) is 38.2 Å². The van der Waals surface area contributed by atoms with E-state index in [9.17, 15) is 8.42 Å². The first-order chi connectivity index (χ1) is 15.3. The highest BCUT2D eigenvalue weighted by Crippen LogP contribution is 2.30. The third-order valence-corrected chi connectivity index (χ3v) is 7.77. The molecule has 0 N–H and O–H groups in total. The average molecular weight is 473 g/mol. The number of methoxy groups -OCH3 is 1. The summed E-state index contributed by atoms with van der Waals surface area (Å²) >= 11 is 6.03. The molecule has 3 aromatic rings. The monoisotopic (exact) mass is 472 g/mol. The van der Waals surface area contributed by atoms with Gasteiger partial charge in [-0.1, -0.05) is 35.4 Å². The Hall–Kier alpha value is -2.68. The molecule has 9 heteroatoms. The van der Waals surface area contributed by atoms with Gasteiger partial charge in [0.05, 0.1) is 12.8 Å². The minimum Gasteiger partial charge on any atom is -0.495 e. The van der Waals surface area contributed by atoms with E-state index >= 15 is 0 Å². The maximum absolute atomic E-state index is 13.2. The minimum absolute atomic E-state index is 0.0820. The molecule has 2 heterocycles. The first-order valence-corrected chi connectivity index (χ1v) is 12.1. The van der Waals surface area contributed by atoms with E-state index in [1.165, 1.54) is 23.0 Å². The zero-order chi connectivity index (χ0) is 22.9. The summed E-state index contributed by atoms with van der Waals surface area (Å²) in [7, 11) is -2.28. The first kappa shape index (κ1) is 22.5. The zero-order valence-electron chi connectivity index (χ0n) is 18.2. The lowest BCUT2D eigenvalue weighted by Crippen LogP contribution is -2.49. The standard InChI is InChI=1S/C23H25ClN4O3S/c1-16-4-6-19(17(2)14-16)20-7-9-23(26-25-20)27-10-12-28(13-11-27)32(29,30)22-15-18(24)5-8-21(22)31-3/h4-9,14-15H,10-13H2,1-3H3. The Balaban J connectivity index is 1.47. The van der Waals surface area contributed by atoms with Crippen LogP contribution >= 0.6 is 11.6 Å². The smallest absolute Gasteiger partial charge is 0.246 e. The van der Waals surface area contributed by atoms with Gasteiger partial charge in [0.15, 0.2) is 5.82 Å². The number of rotatable bonds is 5. The molecular formula is C23H25ClN4O3S. The van der Waals surface area contributed by atoms with Crippen molar-refractivity contribution in [3.8, 4) is 17.0 Å². The van der Waals surface area contributed by atoms with Crippen LogP contribution in [0.25, 0.3) is 11.3 Å². The summed E-state index contributed by atoms with van der Waals surface area (Å²) < 4.78 is 33.0. The van der Waals surface area contributed by atoms with Crippen molar-refractivity contribution < 1.29 is 13.2 Å². The van der Waals surface area contributed by atoms with Gasteiger partial charge in [0, 0.05) is 36.8 Å². The highest BCUT2D eigenvalue weighted by molar-refractivity contribution is 7.89. The van der Waals surface area contributed by atoms with E-state index in [-0.39, 0.29) is 10.6 Å². The van der Waals surface area contributed by atoms with Gasteiger partial charge >= 0.3 is 0 Å². The lowest BCUT2D eigenvalue weighted by molar-refractivity contribution is 0.373. The molecule has 0 saturated carbocycles. The molecular weight excluding hydrogens is 448 g/mol. The van der Waals surface area contributed by atoms with E-state index in [1.54, 1.807) is 12.1 Å². The highest BCUT2D eigenvalue weighted by atomic mass is 35.5. The predicted molar refractivity (Wildman–Crippen MR) is 126 cm³/mol. The van der Waals surface area contributed by atoms with Crippen molar-refractivity contribution >= 4 is 27.4 Å². The Labute approximate surface area is 193 Å². The lowest BCUT2D eigenvalue weighted by Gasteiger charge is -2.34. The fraction of sp³-hybridized carbons (Fsp3) is 0.304.